The van der Waals surface area contributed by atoms with Gasteiger partial charge in [-0.3, -0.25) is 4.90 Å². The summed E-state index contributed by atoms with van der Waals surface area (Å²) in [5, 5.41) is 9.84. The Bertz CT molecular complexity index is 1010. The normalized spacial score (nSPS) is 21.0. The van der Waals surface area contributed by atoms with Crippen LogP contribution >= 0.6 is 0 Å². The van der Waals surface area contributed by atoms with Crippen LogP contribution in [0.5, 0.6) is 0 Å². The van der Waals surface area contributed by atoms with Gasteiger partial charge in [0, 0.05) is 18.7 Å². The molecule has 0 spiro atoms. The van der Waals surface area contributed by atoms with Crippen molar-refractivity contribution in [2.45, 2.75) is 19.3 Å². The van der Waals surface area contributed by atoms with E-state index >= 15 is 0 Å². The van der Waals surface area contributed by atoms with Gasteiger partial charge in [-0.25, -0.2) is 0 Å². The molecular formula is C25H25N3O. The third-order valence-corrected chi connectivity index (χ3v) is 5.42. The van der Waals surface area contributed by atoms with E-state index in [2.05, 4.69) is 48.2 Å². The lowest BCUT2D eigenvalue weighted by Crippen LogP contribution is -2.38. The molecule has 4 rings (SSSR count). The molecule has 29 heavy (non-hydrogen) atoms. The van der Waals surface area contributed by atoms with Crippen molar-refractivity contribution in [2.24, 2.45) is 5.73 Å². The molecular weight excluding hydrogens is 358 g/mol. The summed E-state index contributed by atoms with van der Waals surface area (Å²) >= 11 is 0. The fourth-order valence-electron chi connectivity index (χ4n) is 4.19. The molecule has 0 saturated heterocycles. The lowest BCUT2D eigenvalue weighted by atomic mass is 9.80. The first-order valence-corrected chi connectivity index (χ1v) is 10.0. The summed E-state index contributed by atoms with van der Waals surface area (Å²) in [6, 6.07) is 22.7. The second kappa shape index (κ2) is 8.38. The molecule has 0 bridgehead atoms. The lowest BCUT2D eigenvalue weighted by molar-refractivity contribution is 0.234. The van der Waals surface area contributed by atoms with Gasteiger partial charge in [0.15, 0.2) is 0 Å². The fraction of sp³-hybridized carbons (Fsp3) is 0.240. The van der Waals surface area contributed by atoms with E-state index in [1.165, 1.54) is 0 Å². The van der Waals surface area contributed by atoms with Crippen LogP contribution in [0.3, 0.4) is 0 Å². The Labute approximate surface area is 172 Å². The Morgan fingerprint density at radius 3 is 2.45 bits per heavy atom. The fourth-order valence-corrected chi connectivity index (χ4v) is 4.19. The quantitative estimate of drug-likeness (QED) is 0.841. The Hall–Kier alpha value is -3.29. The highest BCUT2D eigenvalue weighted by Gasteiger charge is 2.37. The minimum Gasteiger partial charge on any atom is -0.440 e. The number of nitrogens with two attached hydrogens (primary N) is 1. The van der Waals surface area contributed by atoms with Crippen LogP contribution in [0.15, 0.2) is 89.0 Å². The Balaban J connectivity index is 1.86. The Kier molecular flexibility index (Phi) is 5.50. The molecule has 1 atom stereocenters. The molecule has 2 heterocycles. The van der Waals surface area contributed by atoms with Gasteiger partial charge in [0.25, 0.3) is 0 Å². The molecule has 2 N–H and O–H groups in total. The van der Waals surface area contributed by atoms with Gasteiger partial charge in [0.05, 0.1) is 5.92 Å². The number of allylic oxidation sites excluding steroid dienone is 1. The predicted octanol–water partition coefficient (Wildman–Crippen LogP) is 4.56. The van der Waals surface area contributed by atoms with Gasteiger partial charge < -0.3 is 10.5 Å². The van der Waals surface area contributed by atoms with Crippen molar-refractivity contribution in [2.75, 3.05) is 19.6 Å². The number of nitrogens with zero attached hydrogens (tertiary/aromatic N) is 2. The van der Waals surface area contributed by atoms with Crippen molar-refractivity contribution < 1.29 is 4.74 Å². The molecule has 2 aliphatic heterocycles. The van der Waals surface area contributed by atoms with Crippen LogP contribution in [0.25, 0.3) is 6.08 Å². The van der Waals surface area contributed by atoms with Crippen LogP contribution in [0, 0.1) is 11.3 Å². The first-order chi connectivity index (χ1) is 14.2. The molecule has 146 valence electrons. The van der Waals surface area contributed by atoms with Crippen molar-refractivity contribution in [3.63, 3.8) is 0 Å². The molecule has 0 saturated carbocycles. The lowest BCUT2D eigenvalue weighted by Gasteiger charge is -2.38. The largest absolute Gasteiger partial charge is 0.440 e. The summed E-state index contributed by atoms with van der Waals surface area (Å²) < 4.78 is 6.08. The molecule has 2 aromatic carbocycles. The van der Waals surface area contributed by atoms with E-state index < -0.39 is 0 Å². The zero-order chi connectivity index (χ0) is 20.2. The Morgan fingerprint density at radius 2 is 1.79 bits per heavy atom. The molecule has 0 aliphatic carbocycles. The average Bonchev–Trinajstić information content (AvgIpc) is 2.75. The maximum absolute atomic E-state index is 9.84. The highest BCUT2D eigenvalue weighted by Crippen LogP contribution is 2.43. The zero-order valence-corrected chi connectivity index (χ0v) is 16.6. The van der Waals surface area contributed by atoms with Gasteiger partial charge in [0.1, 0.15) is 17.4 Å². The van der Waals surface area contributed by atoms with Crippen molar-refractivity contribution >= 4 is 6.08 Å². The minimum atomic E-state index is -0.177. The van der Waals surface area contributed by atoms with Crippen molar-refractivity contribution in [3.8, 4) is 6.07 Å². The highest BCUT2D eigenvalue weighted by atomic mass is 16.5. The molecule has 0 radical (unpaired) electrons. The number of rotatable bonds is 4. The number of hydrogen-bond donors (Lipinski definition) is 1. The number of hydrogen-bond acceptors (Lipinski definition) is 4. The van der Waals surface area contributed by atoms with Crippen molar-refractivity contribution in [3.05, 3.63) is 100 Å². The van der Waals surface area contributed by atoms with Crippen LogP contribution in [0.2, 0.25) is 0 Å². The number of ether oxygens (including phenoxy) is 1. The van der Waals surface area contributed by atoms with Gasteiger partial charge in [-0.1, -0.05) is 67.6 Å². The zero-order valence-electron chi connectivity index (χ0n) is 16.6. The van der Waals surface area contributed by atoms with Crippen LogP contribution in [-0.2, 0) is 4.74 Å². The standard InChI is InChI=1S/C25H25N3O/c1-2-13-28-16-20(14-18-9-5-3-6-10-18)24-22(17-28)23(19-11-7-4-8-12-19)21(15-26)25(27)29-24/h3-12,14,23H,2,13,16-17,27H2,1H3/b20-14+/t23-/m1/s1. The van der Waals surface area contributed by atoms with Crippen LogP contribution in [-0.4, -0.2) is 24.5 Å². The molecule has 4 nitrogen and oxygen atoms in total. The van der Waals surface area contributed by atoms with Crippen molar-refractivity contribution in [1.29, 1.82) is 5.26 Å². The summed E-state index contributed by atoms with van der Waals surface area (Å²) in [5.41, 5.74) is 11.1. The molecule has 0 aromatic heterocycles. The van der Waals surface area contributed by atoms with E-state index in [9.17, 15) is 5.26 Å². The molecule has 0 amide bonds. The predicted molar refractivity (Wildman–Crippen MR) is 115 cm³/mol. The van der Waals surface area contributed by atoms with E-state index in [1.807, 2.05) is 36.4 Å². The molecule has 4 heteroatoms. The van der Waals surface area contributed by atoms with Gasteiger partial charge in [-0.2, -0.15) is 5.26 Å². The van der Waals surface area contributed by atoms with E-state index in [-0.39, 0.29) is 11.8 Å². The third kappa shape index (κ3) is 3.83. The number of nitriles is 1. The third-order valence-electron chi connectivity index (χ3n) is 5.42. The van der Waals surface area contributed by atoms with E-state index in [0.717, 1.165) is 54.1 Å². The molecule has 0 unspecified atom stereocenters. The molecule has 2 aromatic rings. The minimum absolute atomic E-state index is 0.177. The first-order valence-electron chi connectivity index (χ1n) is 10.0. The van der Waals surface area contributed by atoms with Gasteiger partial charge in [-0.05, 0) is 35.7 Å². The highest BCUT2D eigenvalue weighted by molar-refractivity contribution is 5.63. The van der Waals surface area contributed by atoms with Crippen LogP contribution < -0.4 is 5.73 Å². The van der Waals surface area contributed by atoms with E-state index in [4.69, 9.17) is 10.5 Å². The van der Waals surface area contributed by atoms with Crippen LogP contribution in [0.1, 0.15) is 30.4 Å². The smallest absolute Gasteiger partial charge is 0.205 e. The second-order valence-electron chi connectivity index (χ2n) is 7.48. The van der Waals surface area contributed by atoms with Gasteiger partial charge in [-0.15, -0.1) is 0 Å². The maximum Gasteiger partial charge on any atom is 0.205 e. The Morgan fingerprint density at radius 1 is 1.10 bits per heavy atom. The van der Waals surface area contributed by atoms with E-state index in [1.54, 1.807) is 0 Å². The average molecular weight is 383 g/mol. The molecule has 0 fully saturated rings. The van der Waals surface area contributed by atoms with E-state index in [0.29, 0.717) is 5.57 Å². The monoisotopic (exact) mass is 383 g/mol. The van der Waals surface area contributed by atoms with Gasteiger partial charge >= 0.3 is 0 Å². The summed E-state index contributed by atoms with van der Waals surface area (Å²) in [4.78, 5) is 2.42. The number of benzene rings is 2. The maximum atomic E-state index is 9.84. The summed E-state index contributed by atoms with van der Waals surface area (Å²) in [6.45, 7) is 4.76. The summed E-state index contributed by atoms with van der Waals surface area (Å²) in [5.74, 6) is 0.860. The summed E-state index contributed by atoms with van der Waals surface area (Å²) in [7, 11) is 0. The summed E-state index contributed by atoms with van der Waals surface area (Å²) in [6.07, 6.45) is 3.24. The molecule has 2 aliphatic rings. The SMILES string of the molecule is CCCN1CC2=C(OC(N)=C(C#N)[C@H]2c2ccccc2)/C(=C/c2ccccc2)C1. The first kappa shape index (κ1) is 19.0. The topological polar surface area (TPSA) is 62.3 Å². The van der Waals surface area contributed by atoms with Crippen LogP contribution in [0.4, 0.5) is 0 Å². The second-order valence-corrected chi connectivity index (χ2v) is 7.48. The van der Waals surface area contributed by atoms with Gasteiger partial charge in [0.2, 0.25) is 5.88 Å². The van der Waals surface area contributed by atoms with Crippen molar-refractivity contribution in [1.82, 2.24) is 4.90 Å².